The number of benzene rings is 1. The highest BCUT2D eigenvalue weighted by atomic mass is 16.7. The highest BCUT2D eigenvalue weighted by Gasteiger charge is 2.20. The van der Waals surface area contributed by atoms with Crippen LogP contribution in [0.4, 0.5) is 0 Å². The molecule has 2 aliphatic heterocycles. The quantitative estimate of drug-likeness (QED) is 0.746. The number of fused-ring (bicyclic) bond motifs is 1. The second kappa shape index (κ2) is 7.33. The highest BCUT2D eigenvalue weighted by Crippen LogP contribution is 2.22. The van der Waals surface area contributed by atoms with Gasteiger partial charge >= 0.3 is 0 Å². The maximum absolute atomic E-state index is 12.8. The smallest absolute Gasteiger partial charge is 0.255 e. The van der Waals surface area contributed by atoms with Crippen LogP contribution in [0.25, 0.3) is 16.7 Å². The zero-order valence-corrected chi connectivity index (χ0v) is 16.3. The first kappa shape index (κ1) is 17.9. The number of rotatable bonds is 3. The summed E-state index contributed by atoms with van der Waals surface area (Å²) in [5, 5.41) is 0.951. The van der Waals surface area contributed by atoms with E-state index in [0.29, 0.717) is 5.56 Å². The van der Waals surface area contributed by atoms with Crippen LogP contribution in [0.5, 0.6) is 0 Å². The fourth-order valence-corrected chi connectivity index (χ4v) is 3.94. The molecule has 2 aliphatic rings. The molecule has 5 rings (SSSR count). The number of hydroxylamine groups is 1. The number of carbonyl (C=O) groups is 1. The van der Waals surface area contributed by atoms with Crippen LogP contribution < -0.4 is 5.48 Å². The Labute approximate surface area is 169 Å². The summed E-state index contributed by atoms with van der Waals surface area (Å²) in [6, 6.07) is 12.0. The molecular formula is C22H23N5O2. The fourth-order valence-electron chi connectivity index (χ4n) is 3.94. The van der Waals surface area contributed by atoms with Crippen molar-refractivity contribution in [3.05, 3.63) is 59.9 Å². The highest BCUT2D eigenvalue weighted by molar-refractivity contribution is 5.99. The van der Waals surface area contributed by atoms with Gasteiger partial charge in [-0.3, -0.25) is 4.79 Å². The van der Waals surface area contributed by atoms with Crippen molar-refractivity contribution in [2.75, 3.05) is 13.1 Å². The molecular weight excluding hydrogens is 366 g/mol. The number of amides is 1. The van der Waals surface area contributed by atoms with Gasteiger partial charge in [0.05, 0.1) is 5.56 Å². The van der Waals surface area contributed by atoms with Gasteiger partial charge in [-0.25, -0.2) is 20.3 Å². The third-order valence-electron chi connectivity index (χ3n) is 5.45. The number of amidine groups is 1. The average Bonchev–Trinajstić information content (AvgIpc) is 3.40. The van der Waals surface area contributed by atoms with E-state index in [1.54, 1.807) is 6.20 Å². The van der Waals surface area contributed by atoms with E-state index in [4.69, 9.17) is 4.84 Å². The predicted octanol–water partition coefficient (Wildman–Crippen LogP) is 3.28. The first-order valence-corrected chi connectivity index (χ1v) is 10.1. The molecule has 1 N–H and O–H groups in total. The summed E-state index contributed by atoms with van der Waals surface area (Å²) >= 11 is 0. The van der Waals surface area contributed by atoms with Gasteiger partial charge in [-0.05, 0) is 50.5 Å². The van der Waals surface area contributed by atoms with Crippen LogP contribution in [0, 0.1) is 0 Å². The molecule has 1 unspecified atom stereocenters. The lowest BCUT2D eigenvalue weighted by Crippen LogP contribution is -2.35. The number of pyridine rings is 1. The Hall–Kier alpha value is -3.19. The van der Waals surface area contributed by atoms with E-state index in [-0.39, 0.29) is 12.1 Å². The third kappa shape index (κ3) is 3.38. The van der Waals surface area contributed by atoms with Gasteiger partial charge in [-0.15, -0.1) is 0 Å². The summed E-state index contributed by atoms with van der Waals surface area (Å²) in [5.74, 6) is 0.798. The van der Waals surface area contributed by atoms with Gasteiger partial charge in [0, 0.05) is 42.1 Å². The molecule has 2 aromatic heterocycles. The Morgan fingerprint density at radius 2 is 2.03 bits per heavy atom. The lowest BCUT2D eigenvalue weighted by molar-refractivity contribution is 0.0504. The first-order chi connectivity index (χ1) is 14.2. The molecule has 29 heavy (non-hydrogen) atoms. The minimum Gasteiger partial charge on any atom is -0.339 e. The molecule has 1 atom stereocenters. The van der Waals surface area contributed by atoms with Crippen molar-refractivity contribution in [2.45, 2.75) is 32.4 Å². The molecule has 7 heteroatoms. The zero-order chi connectivity index (χ0) is 19.8. The number of nitrogens with one attached hydrogen (secondary N) is 1. The number of likely N-dealkylation sites (tertiary alicyclic amines) is 1. The minimum absolute atomic E-state index is 0.0771. The van der Waals surface area contributed by atoms with Crippen LogP contribution >= 0.6 is 0 Å². The van der Waals surface area contributed by atoms with E-state index in [0.717, 1.165) is 54.1 Å². The summed E-state index contributed by atoms with van der Waals surface area (Å²) in [7, 11) is 0. The Bertz CT molecular complexity index is 1100. The van der Waals surface area contributed by atoms with Gasteiger partial charge in [0.2, 0.25) is 0 Å². The molecule has 148 valence electrons. The lowest BCUT2D eigenvalue weighted by atomic mass is 10.1. The third-order valence-corrected chi connectivity index (χ3v) is 5.45. The standard InChI is InChI=1S/C22H23N5O2/c1-15-24-20(25-29-15)16-6-5-7-19(13-16)27-11-8-17-12-18(14-23-21(17)27)22(28)26-9-3-2-4-10-26/h5-8,11-15H,2-4,9-10H2,1H3,(H,24,25). The summed E-state index contributed by atoms with van der Waals surface area (Å²) < 4.78 is 2.02. The predicted molar refractivity (Wildman–Crippen MR) is 111 cm³/mol. The molecule has 0 saturated carbocycles. The number of carbonyl (C=O) groups excluding carboxylic acids is 1. The molecule has 3 aromatic rings. The van der Waals surface area contributed by atoms with Crippen LogP contribution in [0.2, 0.25) is 0 Å². The molecule has 1 saturated heterocycles. The van der Waals surface area contributed by atoms with Crippen molar-refractivity contribution < 1.29 is 9.63 Å². The molecule has 0 bridgehead atoms. The van der Waals surface area contributed by atoms with E-state index in [2.05, 4.69) is 15.5 Å². The Kier molecular flexibility index (Phi) is 4.52. The number of nitrogens with zero attached hydrogens (tertiary/aromatic N) is 4. The monoisotopic (exact) mass is 389 g/mol. The van der Waals surface area contributed by atoms with E-state index >= 15 is 0 Å². The van der Waals surface area contributed by atoms with Crippen molar-refractivity contribution in [1.29, 1.82) is 0 Å². The maximum atomic E-state index is 12.8. The van der Waals surface area contributed by atoms with Gasteiger partial charge in [0.25, 0.3) is 5.91 Å². The topological polar surface area (TPSA) is 71.8 Å². The van der Waals surface area contributed by atoms with Crippen molar-refractivity contribution in [3.63, 3.8) is 0 Å². The number of hydrogen-bond donors (Lipinski definition) is 1. The summed E-state index contributed by atoms with van der Waals surface area (Å²) in [6.45, 7) is 3.56. The summed E-state index contributed by atoms with van der Waals surface area (Å²) in [6.07, 6.45) is 6.84. The van der Waals surface area contributed by atoms with E-state index < -0.39 is 0 Å². The number of hydrogen-bond acceptors (Lipinski definition) is 5. The number of piperidine rings is 1. The molecule has 1 aromatic carbocycles. The number of aliphatic imine (C=N–C) groups is 1. The van der Waals surface area contributed by atoms with Crippen LogP contribution in [-0.2, 0) is 4.84 Å². The fraction of sp³-hybridized carbons (Fsp3) is 0.318. The molecule has 1 fully saturated rings. The van der Waals surface area contributed by atoms with Crippen LogP contribution in [-0.4, -0.2) is 45.5 Å². The second-order valence-corrected chi connectivity index (χ2v) is 7.52. The van der Waals surface area contributed by atoms with Crippen LogP contribution in [0.15, 0.2) is 53.8 Å². The normalized spacial score (nSPS) is 19.3. The molecule has 0 spiro atoms. The van der Waals surface area contributed by atoms with Gasteiger partial charge < -0.3 is 9.47 Å². The van der Waals surface area contributed by atoms with Crippen LogP contribution in [0.1, 0.15) is 42.1 Å². The largest absolute Gasteiger partial charge is 0.339 e. The second-order valence-electron chi connectivity index (χ2n) is 7.52. The van der Waals surface area contributed by atoms with Crippen molar-refractivity contribution in [3.8, 4) is 5.69 Å². The molecule has 0 aliphatic carbocycles. The lowest BCUT2D eigenvalue weighted by Gasteiger charge is -2.26. The molecule has 4 heterocycles. The Morgan fingerprint density at radius 1 is 1.17 bits per heavy atom. The van der Waals surface area contributed by atoms with Crippen molar-refractivity contribution >= 4 is 22.8 Å². The maximum Gasteiger partial charge on any atom is 0.255 e. The zero-order valence-electron chi connectivity index (χ0n) is 16.3. The molecule has 1 amide bonds. The minimum atomic E-state index is -0.196. The van der Waals surface area contributed by atoms with Crippen molar-refractivity contribution in [1.82, 2.24) is 19.9 Å². The van der Waals surface area contributed by atoms with Gasteiger partial charge in [-0.2, -0.15) is 0 Å². The van der Waals surface area contributed by atoms with E-state index in [1.807, 2.05) is 59.0 Å². The van der Waals surface area contributed by atoms with E-state index in [9.17, 15) is 4.79 Å². The Morgan fingerprint density at radius 3 is 2.83 bits per heavy atom. The van der Waals surface area contributed by atoms with Crippen LogP contribution in [0.3, 0.4) is 0 Å². The SMILES string of the molecule is CC1N=C(c2cccc(-n3ccc4cc(C(=O)N5CCCCC5)cnc43)c2)NO1. The summed E-state index contributed by atoms with van der Waals surface area (Å²) in [4.78, 5) is 29.1. The van der Waals surface area contributed by atoms with Gasteiger partial charge in [-0.1, -0.05) is 12.1 Å². The average molecular weight is 389 g/mol. The molecule has 7 nitrogen and oxygen atoms in total. The van der Waals surface area contributed by atoms with Gasteiger partial charge in [0.1, 0.15) is 5.65 Å². The van der Waals surface area contributed by atoms with Gasteiger partial charge in [0.15, 0.2) is 12.1 Å². The number of aromatic nitrogens is 2. The first-order valence-electron chi connectivity index (χ1n) is 10.1. The molecule has 0 radical (unpaired) electrons. The summed E-state index contributed by atoms with van der Waals surface area (Å²) in [5.41, 5.74) is 6.27. The van der Waals surface area contributed by atoms with E-state index in [1.165, 1.54) is 6.42 Å². The van der Waals surface area contributed by atoms with Crippen molar-refractivity contribution in [2.24, 2.45) is 4.99 Å². The Balaban J connectivity index is 1.46.